The maximum atomic E-state index is 12.5. The summed E-state index contributed by atoms with van der Waals surface area (Å²) in [5.41, 5.74) is 2.27. The number of aliphatic hydroxyl groups excluding tert-OH is 1. The molecule has 1 amide bonds. The normalized spacial score (nSPS) is 14.6. The number of aromatic nitrogens is 1. The van der Waals surface area contributed by atoms with E-state index in [0.717, 1.165) is 30.3 Å². The van der Waals surface area contributed by atoms with Crippen LogP contribution in [0.2, 0.25) is 0 Å². The van der Waals surface area contributed by atoms with Crippen LogP contribution in [0, 0.1) is 0 Å². The lowest BCUT2D eigenvalue weighted by Crippen LogP contribution is -2.36. The summed E-state index contributed by atoms with van der Waals surface area (Å²) < 4.78 is 2.19. The maximum absolute atomic E-state index is 12.5. The van der Waals surface area contributed by atoms with E-state index in [-0.39, 0.29) is 12.5 Å². The molecule has 0 unspecified atom stereocenters. The predicted molar refractivity (Wildman–Crippen MR) is 83.1 cm³/mol. The first-order valence-electron chi connectivity index (χ1n) is 7.71. The van der Waals surface area contributed by atoms with Gasteiger partial charge < -0.3 is 14.6 Å². The molecule has 3 rings (SSSR count). The first-order chi connectivity index (χ1) is 10.2. The Morgan fingerprint density at radius 3 is 2.81 bits per heavy atom. The second kappa shape index (κ2) is 5.90. The average molecular weight is 286 g/mol. The van der Waals surface area contributed by atoms with Crippen LogP contribution in [0.5, 0.6) is 0 Å². The van der Waals surface area contributed by atoms with Gasteiger partial charge in [0.05, 0.1) is 13.0 Å². The Morgan fingerprint density at radius 2 is 2.14 bits per heavy atom. The number of fused-ring (bicyclic) bond motifs is 1. The zero-order valence-corrected chi connectivity index (χ0v) is 12.5. The van der Waals surface area contributed by atoms with Crippen LogP contribution in [0.4, 0.5) is 0 Å². The lowest BCUT2D eigenvalue weighted by Gasteiger charge is -2.21. The van der Waals surface area contributed by atoms with E-state index < -0.39 is 0 Å². The van der Waals surface area contributed by atoms with Crippen molar-refractivity contribution in [1.82, 2.24) is 9.47 Å². The number of carbonyl (C=O) groups excluding carboxylic acids is 1. The van der Waals surface area contributed by atoms with Crippen molar-refractivity contribution in [3.05, 3.63) is 36.0 Å². The van der Waals surface area contributed by atoms with Crippen LogP contribution in [-0.4, -0.2) is 39.7 Å². The highest BCUT2D eigenvalue weighted by atomic mass is 16.3. The van der Waals surface area contributed by atoms with Gasteiger partial charge in [-0.1, -0.05) is 18.2 Å². The van der Waals surface area contributed by atoms with Crippen LogP contribution in [0.15, 0.2) is 30.5 Å². The fourth-order valence-electron chi connectivity index (χ4n) is 2.99. The third-order valence-corrected chi connectivity index (χ3v) is 4.20. The Labute approximate surface area is 125 Å². The molecule has 0 spiro atoms. The van der Waals surface area contributed by atoms with E-state index in [2.05, 4.69) is 29.8 Å². The molecule has 1 aliphatic rings. The summed E-state index contributed by atoms with van der Waals surface area (Å²) in [6.07, 6.45) is 4.65. The number of rotatable bonds is 6. The molecule has 0 radical (unpaired) electrons. The zero-order chi connectivity index (χ0) is 14.8. The summed E-state index contributed by atoms with van der Waals surface area (Å²) in [5.74, 6) is 0.130. The molecule has 1 fully saturated rings. The number of para-hydroxylation sites is 1. The van der Waals surface area contributed by atoms with Gasteiger partial charge in [0.1, 0.15) is 0 Å². The Bertz CT molecular complexity index is 643. The molecule has 112 valence electrons. The van der Waals surface area contributed by atoms with Gasteiger partial charge in [0, 0.05) is 36.2 Å². The van der Waals surface area contributed by atoms with Crippen molar-refractivity contribution in [2.45, 2.75) is 38.8 Å². The molecule has 1 N–H and O–H groups in total. The molecule has 0 aliphatic heterocycles. The first kappa shape index (κ1) is 14.1. The van der Waals surface area contributed by atoms with Crippen LogP contribution < -0.4 is 0 Å². The van der Waals surface area contributed by atoms with Gasteiger partial charge in [-0.2, -0.15) is 0 Å². The molecule has 1 aromatic heterocycles. The van der Waals surface area contributed by atoms with Gasteiger partial charge in [-0.05, 0) is 31.4 Å². The van der Waals surface area contributed by atoms with Crippen LogP contribution >= 0.6 is 0 Å². The minimum atomic E-state index is 0.0406. The van der Waals surface area contributed by atoms with E-state index in [1.807, 2.05) is 17.0 Å². The van der Waals surface area contributed by atoms with Crippen molar-refractivity contribution in [3.8, 4) is 0 Å². The number of hydrogen-bond donors (Lipinski definition) is 1. The van der Waals surface area contributed by atoms with E-state index in [0.29, 0.717) is 19.0 Å². The van der Waals surface area contributed by atoms with Gasteiger partial charge in [-0.3, -0.25) is 4.79 Å². The van der Waals surface area contributed by atoms with E-state index in [1.54, 1.807) is 0 Å². The Hall–Kier alpha value is -1.81. The number of hydrogen-bond acceptors (Lipinski definition) is 2. The molecule has 21 heavy (non-hydrogen) atoms. The zero-order valence-electron chi connectivity index (χ0n) is 12.5. The van der Waals surface area contributed by atoms with E-state index in [4.69, 9.17) is 5.11 Å². The van der Waals surface area contributed by atoms with Gasteiger partial charge in [0.15, 0.2) is 0 Å². The summed E-state index contributed by atoms with van der Waals surface area (Å²) in [4.78, 5) is 14.4. The van der Waals surface area contributed by atoms with E-state index in [9.17, 15) is 4.79 Å². The second-order valence-electron chi connectivity index (χ2n) is 5.68. The molecule has 1 aliphatic carbocycles. The topological polar surface area (TPSA) is 45.5 Å². The molecular weight excluding hydrogens is 264 g/mol. The van der Waals surface area contributed by atoms with Crippen LogP contribution in [0.25, 0.3) is 10.9 Å². The SMILES string of the molecule is CCn1cc(CC(=O)N(CCO)C2CC2)c2ccccc21. The Balaban J connectivity index is 1.85. The highest BCUT2D eigenvalue weighted by Crippen LogP contribution is 2.28. The first-order valence-corrected chi connectivity index (χ1v) is 7.71. The van der Waals surface area contributed by atoms with Crippen LogP contribution in [0.1, 0.15) is 25.3 Å². The number of carbonyl (C=O) groups is 1. The van der Waals surface area contributed by atoms with Gasteiger partial charge in [-0.25, -0.2) is 0 Å². The van der Waals surface area contributed by atoms with Crippen molar-refractivity contribution in [2.75, 3.05) is 13.2 Å². The summed E-state index contributed by atoms with van der Waals surface area (Å²) >= 11 is 0. The minimum Gasteiger partial charge on any atom is -0.395 e. The van der Waals surface area contributed by atoms with Gasteiger partial charge in [-0.15, -0.1) is 0 Å². The number of aryl methyl sites for hydroxylation is 1. The molecule has 0 saturated heterocycles. The summed E-state index contributed by atoms with van der Waals surface area (Å²) in [5, 5.41) is 10.3. The Kier molecular flexibility index (Phi) is 3.97. The fraction of sp³-hybridized carbons (Fsp3) is 0.471. The van der Waals surface area contributed by atoms with Crippen LogP contribution in [0.3, 0.4) is 0 Å². The third-order valence-electron chi connectivity index (χ3n) is 4.20. The van der Waals surface area contributed by atoms with E-state index >= 15 is 0 Å². The average Bonchev–Trinajstić information content (AvgIpc) is 3.28. The Morgan fingerprint density at radius 1 is 1.38 bits per heavy atom. The summed E-state index contributed by atoms with van der Waals surface area (Å²) in [6, 6.07) is 8.58. The molecule has 1 aromatic carbocycles. The third kappa shape index (κ3) is 2.81. The number of nitrogens with zero attached hydrogens (tertiary/aromatic N) is 2. The minimum absolute atomic E-state index is 0.0406. The summed E-state index contributed by atoms with van der Waals surface area (Å²) in [7, 11) is 0. The van der Waals surface area contributed by atoms with Gasteiger partial charge in [0.25, 0.3) is 0 Å². The quantitative estimate of drug-likeness (QED) is 0.884. The maximum Gasteiger partial charge on any atom is 0.227 e. The molecule has 2 aromatic rings. The van der Waals surface area contributed by atoms with Crippen molar-refractivity contribution >= 4 is 16.8 Å². The number of aliphatic hydroxyl groups is 1. The fourth-order valence-corrected chi connectivity index (χ4v) is 2.99. The van der Waals surface area contributed by atoms with Crippen molar-refractivity contribution in [3.63, 3.8) is 0 Å². The second-order valence-corrected chi connectivity index (χ2v) is 5.68. The highest BCUT2D eigenvalue weighted by molar-refractivity contribution is 5.89. The summed E-state index contributed by atoms with van der Waals surface area (Å²) in [6.45, 7) is 3.51. The van der Waals surface area contributed by atoms with Crippen LogP contribution in [-0.2, 0) is 17.8 Å². The molecule has 1 saturated carbocycles. The van der Waals surface area contributed by atoms with Crippen molar-refractivity contribution in [1.29, 1.82) is 0 Å². The molecule has 4 heteroatoms. The molecule has 4 nitrogen and oxygen atoms in total. The molecular formula is C17H22N2O2. The van der Waals surface area contributed by atoms with Crippen molar-refractivity contribution < 1.29 is 9.90 Å². The largest absolute Gasteiger partial charge is 0.395 e. The number of amides is 1. The van der Waals surface area contributed by atoms with Gasteiger partial charge in [0.2, 0.25) is 5.91 Å². The van der Waals surface area contributed by atoms with E-state index in [1.165, 1.54) is 5.52 Å². The highest BCUT2D eigenvalue weighted by Gasteiger charge is 2.32. The predicted octanol–water partition coefficient (Wildman–Crippen LogP) is 2.19. The van der Waals surface area contributed by atoms with Crippen molar-refractivity contribution in [2.24, 2.45) is 0 Å². The lowest BCUT2D eigenvalue weighted by molar-refractivity contribution is -0.131. The molecule has 0 atom stereocenters. The standard InChI is InChI=1S/C17H22N2O2/c1-2-18-12-13(15-5-3-4-6-16(15)18)11-17(21)19(9-10-20)14-7-8-14/h3-6,12,14,20H,2,7-11H2,1H3. The number of benzene rings is 1. The monoisotopic (exact) mass is 286 g/mol. The van der Waals surface area contributed by atoms with Gasteiger partial charge >= 0.3 is 0 Å². The molecule has 0 bridgehead atoms. The smallest absolute Gasteiger partial charge is 0.227 e. The molecule has 1 heterocycles. The lowest BCUT2D eigenvalue weighted by atomic mass is 10.1.